The Morgan fingerprint density at radius 3 is 2.55 bits per heavy atom. The van der Waals surface area contributed by atoms with Crippen molar-refractivity contribution < 1.29 is 14.1 Å². The number of nitrogens with zero attached hydrogens (tertiary/aromatic N) is 3. The van der Waals surface area contributed by atoms with E-state index in [1.165, 1.54) is 24.3 Å². The minimum absolute atomic E-state index is 0.0312. The summed E-state index contributed by atoms with van der Waals surface area (Å²) in [7, 11) is 0. The Morgan fingerprint density at radius 1 is 1.00 bits per heavy atom. The molecular formula is C30H25FN4O3. The molecule has 0 fully saturated rings. The number of pyridine rings is 1. The van der Waals surface area contributed by atoms with Gasteiger partial charge in [-0.25, -0.2) is 4.39 Å². The van der Waals surface area contributed by atoms with Gasteiger partial charge in [0.1, 0.15) is 5.82 Å². The second-order valence-electron chi connectivity index (χ2n) is 9.07. The highest BCUT2D eigenvalue weighted by Gasteiger charge is 2.25. The van der Waals surface area contributed by atoms with E-state index in [9.17, 15) is 19.3 Å². The molecule has 2 heterocycles. The molecule has 8 heteroatoms. The summed E-state index contributed by atoms with van der Waals surface area (Å²) in [6.07, 6.45) is 3.61. The Bertz CT molecular complexity index is 1590. The number of amides is 1. The number of carbonyl (C=O) groups excluding carboxylic acids is 1. The van der Waals surface area contributed by atoms with Crippen molar-refractivity contribution in [3.63, 3.8) is 0 Å². The molecule has 0 saturated heterocycles. The van der Waals surface area contributed by atoms with Gasteiger partial charge in [-0.15, -0.1) is 0 Å². The Balaban J connectivity index is 1.57. The lowest BCUT2D eigenvalue weighted by Crippen LogP contribution is -2.25. The van der Waals surface area contributed by atoms with Crippen LogP contribution in [0.3, 0.4) is 0 Å². The van der Waals surface area contributed by atoms with E-state index >= 15 is 0 Å². The maximum Gasteiger partial charge on any atom is 0.270 e. The molecule has 38 heavy (non-hydrogen) atoms. The fourth-order valence-corrected chi connectivity index (χ4v) is 4.69. The number of nitro groups is 1. The summed E-state index contributed by atoms with van der Waals surface area (Å²) in [5, 5.41) is 15.2. The molecule has 5 rings (SSSR count). The van der Waals surface area contributed by atoms with E-state index in [4.69, 9.17) is 0 Å². The van der Waals surface area contributed by atoms with Crippen molar-refractivity contribution in [1.29, 1.82) is 0 Å². The first kappa shape index (κ1) is 24.8. The second kappa shape index (κ2) is 11.0. The molecule has 0 aliphatic heterocycles. The predicted molar refractivity (Wildman–Crippen MR) is 143 cm³/mol. The minimum atomic E-state index is -0.532. The molecule has 1 amide bonds. The van der Waals surface area contributed by atoms with E-state index in [0.717, 1.165) is 22.3 Å². The molecule has 5 aromatic rings. The Morgan fingerprint density at radius 2 is 1.82 bits per heavy atom. The van der Waals surface area contributed by atoms with E-state index in [1.54, 1.807) is 30.5 Å². The third kappa shape index (κ3) is 5.59. The highest BCUT2D eigenvalue weighted by molar-refractivity contribution is 5.88. The van der Waals surface area contributed by atoms with Crippen molar-refractivity contribution in [3.8, 4) is 0 Å². The maximum atomic E-state index is 14.3. The zero-order chi connectivity index (χ0) is 26.5. The maximum absolute atomic E-state index is 14.3. The topological polar surface area (TPSA) is 90.1 Å². The summed E-state index contributed by atoms with van der Waals surface area (Å²) in [5.74, 6) is -1.18. The van der Waals surface area contributed by atoms with Gasteiger partial charge in [0, 0.05) is 54.3 Å². The van der Waals surface area contributed by atoms with E-state index in [0.29, 0.717) is 17.5 Å². The molecule has 0 spiro atoms. The summed E-state index contributed by atoms with van der Waals surface area (Å²) < 4.78 is 16.3. The first-order chi connectivity index (χ1) is 18.5. The lowest BCUT2D eigenvalue weighted by Gasteiger charge is -2.17. The quantitative estimate of drug-likeness (QED) is 0.196. The lowest BCUT2D eigenvalue weighted by molar-refractivity contribution is -0.384. The van der Waals surface area contributed by atoms with Gasteiger partial charge in [0.05, 0.1) is 17.2 Å². The first-order valence-electron chi connectivity index (χ1n) is 12.2. The summed E-state index contributed by atoms with van der Waals surface area (Å²) in [4.78, 5) is 28.5. The Labute approximate surface area is 218 Å². The molecular weight excluding hydrogens is 483 g/mol. The van der Waals surface area contributed by atoms with E-state index in [2.05, 4.69) is 10.3 Å². The number of benzene rings is 3. The molecule has 0 radical (unpaired) electrons. The molecule has 0 aliphatic carbocycles. The van der Waals surface area contributed by atoms with Crippen LogP contribution in [0, 0.1) is 15.9 Å². The molecule has 0 saturated carbocycles. The van der Waals surface area contributed by atoms with Crippen LogP contribution in [0.2, 0.25) is 0 Å². The van der Waals surface area contributed by atoms with Crippen molar-refractivity contribution in [2.75, 3.05) is 0 Å². The van der Waals surface area contributed by atoms with Crippen LogP contribution in [0.25, 0.3) is 10.9 Å². The number of hydrogen-bond donors (Lipinski definition) is 1. The van der Waals surface area contributed by atoms with Gasteiger partial charge < -0.3 is 9.88 Å². The third-order valence-electron chi connectivity index (χ3n) is 6.51. The van der Waals surface area contributed by atoms with Crippen molar-refractivity contribution in [2.45, 2.75) is 25.4 Å². The molecule has 1 atom stereocenters. The van der Waals surface area contributed by atoms with Gasteiger partial charge in [-0.3, -0.25) is 19.9 Å². The minimum Gasteiger partial charge on any atom is -0.350 e. The summed E-state index contributed by atoms with van der Waals surface area (Å²) >= 11 is 0. The van der Waals surface area contributed by atoms with E-state index in [1.807, 2.05) is 53.2 Å². The fourth-order valence-electron chi connectivity index (χ4n) is 4.69. The van der Waals surface area contributed by atoms with Crippen LogP contribution in [-0.2, 0) is 17.9 Å². The average molecular weight is 509 g/mol. The predicted octanol–water partition coefficient (Wildman–Crippen LogP) is 5.97. The molecule has 1 unspecified atom stereocenters. The smallest absolute Gasteiger partial charge is 0.270 e. The Kier molecular flexibility index (Phi) is 7.21. The largest absolute Gasteiger partial charge is 0.350 e. The number of non-ortho nitro benzene ring substituents is 1. The Hall–Kier alpha value is -4.85. The van der Waals surface area contributed by atoms with Gasteiger partial charge in [-0.2, -0.15) is 0 Å². The van der Waals surface area contributed by atoms with Crippen LogP contribution < -0.4 is 5.32 Å². The highest BCUT2D eigenvalue weighted by Crippen LogP contribution is 2.37. The van der Waals surface area contributed by atoms with Crippen LogP contribution in [0.5, 0.6) is 0 Å². The van der Waals surface area contributed by atoms with Gasteiger partial charge in [0.15, 0.2) is 0 Å². The van der Waals surface area contributed by atoms with Gasteiger partial charge in [-0.1, -0.05) is 48.5 Å². The molecule has 3 aromatic carbocycles. The zero-order valence-electron chi connectivity index (χ0n) is 20.5. The second-order valence-corrected chi connectivity index (χ2v) is 9.07. The molecule has 190 valence electrons. The highest BCUT2D eigenvalue weighted by atomic mass is 19.1. The normalized spacial score (nSPS) is 11.8. The van der Waals surface area contributed by atoms with Crippen LogP contribution in [-0.4, -0.2) is 20.4 Å². The SMILES string of the molecule is O=C(CC(c1cccc(F)c1)c1cn(Cc2ccccc2)c2ccc([N+](=O)[O-])cc12)NCc1ccccn1. The number of halogens is 1. The van der Waals surface area contributed by atoms with Crippen molar-refractivity contribution in [1.82, 2.24) is 14.9 Å². The van der Waals surface area contributed by atoms with Gasteiger partial charge >= 0.3 is 0 Å². The average Bonchev–Trinajstić information content (AvgIpc) is 3.28. The van der Waals surface area contributed by atoms with Gasteiger partial charge in [-0.05, 0) is 47.0 Å². The number of carbonyl (C=O) groups is 1. The lowest BCUT2D eigenvalue weighted by atomic mass is 9.88. The standard InChI is InChI=1S/C30H25FN4O3/c31-23-10-6-9-22(15-23)26(17-30(36)33-18-24-11-4-5-14-32-24)28-20-34(19-21-7-2-1-3-8-21)29-13-12-25(35(37)38)16-27(28)29/h1-16,20,26H,17-19H2,(H,33,36). The summed E-state index contributed by atoms with van der Waals surface area (Å²) in [6.45, 7) is 0.799. The molecule has 7 nitrogen and oxygen atoms in total. The van der Waals surface area contributed by atoms with Crippen LogP contribution >= 0.6 is 0 Å². The fraction of sp³-hybridized carbons (Fsp3) is 0.133. The number of nitro benzene ring substituents is 1. The molecule has 1 N–H and O–H groups in total. The molecule has 0 bridgehead atoms. The third-order valence-corrected chi connectivity index (χ3v) is 6.51. The monoisotopic (exact) mass is 508 g/mol. The van der Waals surface area contributed by atoms with Crippen LogP contribution in [0.15, 0.2) is 103 Å². The number of hydrogen-bond acceptors (Lipinski definition) is 4. The van der Waals surface area contributed by atoms with E-state index < -0.39 is 16.7 Å². The van der Waals surface area contributed by atoms with Crippen molar-refractivity contribution in [3.05, 3.63) is 142 Å². The zero-order valence-corrected chi connectivity index (χ0v) is 20.5. The molecule has 0 aliphatic rings. The number of nitrogens with one attached hydrogen (secondary N) is 1. The van der Waals surface area contributed by atoms with E-state index in [-0.39, 0.29) is 24.6 Å². The van der Waals surface area contributed by atoms with Gasteiger partial charge in [0.2, 0.25) is 5.91 Å². The number of fused-ring (bicyclic) bond motifs is 1. The van der Waals surface area contributed by atoms with Crippen molar-refractivity contribution >= 4 is 22.5 Å². The first-order valence-corrected chi connectivity index (χ1v) is 12.2. The van der Waals surface area contributed by atoms with Gasteiger partial charge in [0.25, 0.3) is 5.69 Å². The summed E-state index contributed by atoms with van der Waals surface area (Å²) in [5.41, 5.74) is 3.86. The van der Waals surface area contributed by atoms with Crippen molar-refractivity contribution in [2.24, 2.45) is 0 Å². The summed E-state index contributed by atoms with van der Waals surface area (Å²) in [6, 6.07) is 26.2. The molecule has 2 aromatic heterocycles. The number of rotatable bonds is 9. The number of aromatic nitrogens is 2. The van der Waals surface area contributed by atoms with Crippen LogP contribution in [0.4, 0.5) is 10.1 Å². The van der Waals surface area contributed by atoms with Crippen LogP contribution in [0.1, 0.15) is 34.7 Å².